The summed E-state index contributed by atoms with van der Waals surface area (Å²) >= 11 is 0. The van der Waals surface area contributed by atoms with E-state index in [4.69, 9.17) is 5.84 Å². The van der Waals surface area contributed by atoms with Crippen molar-refractivity contribution in [1.29, 1.82) is 0 Å². The lowest BCUT2D eigenvalue weighted by Crippen LogP contribution is -2.30. The van der Waals surface area contributed by atoms with Gasteiger partial charge in [-0.2, -0.15) is 0 Å². The molecule has 1 heterocycles. The highest BCUT2D eigenvalue weighted by molar-refractivity contribution is 5.31. The van der Waals surface area contributed by atoms with Crippen molar-refractivity contribution in [3.05, 3.63) is 65.5 Å². The zero-order valence-corrected chi connectivity index (χ0v) is 10.6. The first-order valence-electron chi connectivity index (χ1n) is 6.28. The van der Waals surface area contributed by atoms with Crippen molar-refractivity contribution >= 4 is 0 Å². The topological polar surface area (TPSA) is 50.9 Å². The maximum absolute atomic E-state index is 5.71. The highest BCUT2D eigenvalue weighted by Gasteiger charge is 2.13. The molecule has 0 amide bonds. The average Bonchev–Trinajstić information content (AvgIpc) is 2.46. The van der Waals surface area contributed by atoms with E-state index in [1.165, 1.54) is 16.7 Å². The summed E-state index contributed by atoms with van der Waals surface area (Å²) in [4.78, 5) is 4.03. The highest BCUT2D eigenvalue weighted by atomic mass is 15.2. The van der Waals surface area contributed by atoms with Crippen LogP contribution in [0.15, 0.2) is 48.8 Å². The predicted octanol–water partition coefficient (Wildman–Crippen LogP) is 2.39. The van der Waals surface area contributed by atoms with Crippen molar-refractivity contribution < 1.29 is 0 Å². The molecule has 0 aliphatic rings. The number of hydrazine groups is 1. The van der Waals surface area contributed by atoms with Gasteiger partial charge in [-0.15, -0.1) is 0 Å². The van der Waals surface area contributed by atoms with Gasteiger partial charge in [0.1, 0.15) is 0 Å². The summed E-state index contributed by atoms with van der Waals surface area (Å²) in [5, 5.41) is 0. The van der Waals surface area contributed by atoms with Crippen LogP contribution >= 0.6 is 0 Å². The third-order valence-electron chi connectivity index (χ3n) is 3.20. The Balaban J connectivity index is 2.23. The van der Waals surface area contributed by atoms with Crippen LogP contribution in [0.2, 0.25) is 0 Å². The maximum atomic E-state index is 5.71. The molecule has 0 radical (unpaired) electrons. The van der Waals surface area contributed by atoms with Gasteiger partial charge < -0.3 is 0 Å². The molecule has 0 fully saturated rings. The second-order valence-corrected chi connectivity index (χ2v) is 4.33. The Morgan fingerprint density at radius 1 is 1.17 bits per heavy atom. The minimum absolute atomic E-state index is 0.142. The normalized spacial score (nSPS) is 12.3. The average molecular weight is 241 g/mol. The second-order valence-electron chi connectivity index (χ2n) is 4.33. The number of benzene rings is 1. The van der Waals surface area contributed by atoms with Gasteiger partial charge in [0.25, 0.3) is 0 Å². The van der Waals surface area contributed by atoms with E-state index in [2.05, 4.69) is 41.6 Å². The lowest BCUT2D eigenvalue weighted by atomic mass is 9.94. The number of rotatable bonds is 5. The summed E-state index contributed by atoms with van der Waals surface area (Å²) in [5.41, 5.74) is 6.78. The molecular weight excluding hydrogens is 222 g/mol. The third-order valence-corrected chi connectivity index (χ3v) is 3.20. The van der Waals surface area contributed by atoms with Crippen molar-refractivity contribution in [3.8, 4) is 0 Å². The fourth-order valence-electron chi connectivity index (χ4n) is 2.21. The molecule has 18 heavy (non-hydrogen) atoms. The molecule has 2 rings (SSSR count). The lowest BCUT2D eigenvalue weighted by molar-refractivity contribution is 0.547. The number of hydrogen-bond acceptors (Lipinski definition) is 3. The van der Waals surface area contributed by atoms with E-state index in [0.717, 1.165) is 12.8 Å². The monoisotopic (exact) mass is 241 g/mol. The quantitative estimate of drug-likeness (QED) is 0.624. The van der Waals surface area contributed by atoms with Gasteiger partial charge in [-0.1, -0.05) is 31.2 Å². The third kappa shape index (κ3) is 2.94. The molecule has 94 valence electrons. The van der Waals surface area contributed by atoms with E-state index < -0.39 is 0 Å². The number of nitrogens with zero attached hydrogens (tertiary/aromatic N) is 1. The number of hydrogen-bond donors (Lipinski definition) is 2. The molecule has 3 nitrogen and oxygen atoms in total. The van der Waals surface area contributed by atoms with Crippen LogP contribution in [-0.2, 0) is 12.8 Å². The highest BCUT2D eigenvalue weighted by Crippen LogP contribution is 2.21. The van der Waals surface area contributed by atoms with E-state index in [0.29, 0.717) is 0 Å². The number of nitrogens with one attached hydrogen (secondary N) is 1. The first-order chi connectivity index (χ1) is 8.85. The maximum Gasteiger partial charge on any atom is 0.0503 e. The Morgan fingerprint density at radius 3 is 2.56 bits per heavy atom. The molecule has 2 aromatic rings. The van der Waals surface area contributed by atoms with E-state index >= 15 is 0 Å². The smallest absolute Gasteiger partial charge is 0.0503 e. The van der Waals surface area contributed by atoms with Gasteiger partial charge in [0.05, 0.1) is 6.04 Å². The van der Waals surface area contributed by atoms with Gasteiger partial charge in [-0.25, -0.2) is 0 Å². The van der Waals surface area contributed by atoms with Crippen LogP contribution in [0.1, 0.15) is 29.7 Å². The Kier molecular flexibility index (Phi) is 4.45. The summed E-state index contributed by atoms with van der Waals surface area (Å²) in [5.74, 6) is 5.71. The van der Waals surface area contributed by atoms with Gasteiger partial charge in [-0.3, -0.25) is 16.3 Å². The molecule has 1 unspecified atom stereocenters. The fraction of sp³-hybridized carbons (Fsp3) is 0.267. The molecule has 3 heteroatoms. The number of nitrogens with two attached hydrogens (primary N) is 1. The zero-order valence-electron chi connectivity index (χ0n) is 10.6. The number of aromatic nitrogens is 1. The largest absolute Gasteiger partial charge is 0.271 e. The van der Waals surface area contributed by atoms with Gasteiger partial charge in [-0.05, 0) is 41.7 Å². The molecule has 0 bridgehead atoms. The van der Waals surface area contributed by atoms with Crippen LogP contribution in [0.3, 0.4) is 0 Å². The summed E-state index contributed by atoms with van der Waals surface area (Å²) in [7, 11) is 0. The summed E-state index contributed by atoms with van der Waals surface area (Å²) < 4.78 is 0. The summed E-state index contributed by atoms with van der Waals surface area (Å²) in [6.07, 6.45) is 5.52. The standard InChI is InChI=1S/C15H19N3/c1-2-13-5-3-4-6-14(13)15(18-16)11-12-7-9-17-10-8-12/h3-10,15,18H,2,11,16H2,1H3. The van der Waals surface area contributed by atoms with E-state index in [-0.39, 0.29) is 6.04 Å². The zero-order chi connectivity index (χ0) is 12.8. The van der Waals surface area contributed by atoms with Crippen LogP contribution in [0, 0.1) is 0 Å². The van der Waals surface area contributed by atoms with Crippen molar-refractivity contribution in [2.75, 3.05) is 0 Å². The first kappa shape index (κ1) is 12.7. The fourth-order valence-corrected chi connectivity index (χ4v) is 2.21. The molecule has 3 N–H and O–H groups in total. The van der Waals surface area contributed by atoms with Gasteiger partial charge in [0, 0.05) is 12.4 Å². The molecular formula is C15H19N3. The molecule has 0 saturated carbocycles. The molecule has 0 saturated heterocycles. The molecule has 0 spiro atoms. The molecule has 1 aromatic heterocycles. The number of pyridine rings is 1. The molecule has 1 aromatic carbocycles. The minimum Gasteiger partial charge on any atom is -0.271 e. The van der Waals surface area contributed by atoms with Crippen LogP contribution in [0.25, 0.3) is 0 Å². The SMILES string of the molecule is CCc1ccccc1C(Cc1ccncc1)NN. The Bertz CT molecular complexity index is 482. The summed E-state index contributed by atoms with van der Waals surface area (Å²) in [6, 6.07) is 12.6. The number of aryl methyl sites for hydroxylation is 1. The Hall–Kier alpha value is -1.71. The Labute approximate surface area is 108 Å². The van der Waals surface area contributed by atoms with Crippen molar-refractivity contribution in [2.24, 2.45) is 5.84 Å². The molecule has 0 aliphatic carbocycles. The van der Waals surface area contributed by atoms with Gasteiger partial charge >= 0.3 is 0 Å². The van der Waals surface area contributed by atoms with E-state index in [1.54, 1.807) is 0 Å². The van der Waals surface area contributed by atoms with E-state index in [9.17, 15) is 0 Å². The summed E-state index contributed by atoms with van der Waals surface area (Å²) in [6.45, 7) is 2.17. The van der Waals surface area contributed by atoms with E-state index in [1.807, 2.05) is 24.5 Å². The van der Waals surface area contributed by atoms with Gasteiger partial charge in [0.2, 0.25) is 0 Å². The first-order valence-corrected chi connectivity index (χ1v) is 6.28. The molecule has 1 atom stereocenters. The van der Waals surface area contributed by atoms with Crippen LogP contribution in [-0.4, -0.2) is 4.98 Å². The van der Waals surface area contributed by atoms with Crippen LogP contribution < -0.4 is 11.3 Å². The Morgan fingerprint density at radius 2 is 1.89 bits per heavy atom. The minimum atomic E-state index is 0.142. The van der Waals surface area contributed by atoms with Gasteiger partial charge in [0.15, 0.2) is 0 Å². The second kappa shape index (κ2) is 6.28. The molecule has 0 aliphatic heterocycles. The predicted molar refractivity (Wildman–Crippen MR) is 73.8 cm³/mol. The van der Waals surface area contributed by atoms with Crippen molar-refractivity contribution in [1.82, 2.24) is 10.4 Å². The van der Waals surface area contributed by atoms with Crippen molar-refractivity contribution in [2.45, 2.75) is 25.8 Å². The van der Waals surface area contributed by atoms with Crippen molar-refractivity contribution in [3.63, 3.8) is 0 Å². The van der Waals surface area contributed by atoms with Crippen LogP contribution in [0.4, 0.5) is 0 Å². The lowest BCUT2D eigenvalue weighted by Gasteiger charge is -2.19. The van der Waals surface area contributed by atoms with Crippen LogP contribution in [0.5, 0.6) is 0 Å².